The summed E-state index contributed by atoms with van der Waals surface area (Å²) < 4.78 is 5.97. The average Bonchev–Trinajstić information content (AvgIpc) is 3.23. The summed E-state index contributed by atoms with van der Waals surface area (Å²) in [6.07, 6.45) is 9.97. The normalized spacial score (nSPS) is 15.4. The van der Waals surface area contributed by atoms with E-state index in [1.807, 2.05) is 69.3 Å². The van der Waals surface area contributed by atoms with E-state index < -0.39 is 18.0 Å². The Bertz CT molecular complexity index is 1550. The second kappa shape index (κ2) is 13.2. The zero-order valence-electron chi connectivity index (χ0n) is 25.3. The largest absolute Gasteiger partial charge is 0.493 e. The molecule has 0 radical (unpaired) electrons. The predicted molar refractivity (Wildman–Crippen MR) is 174 cm³/mol. The van der Waals surface area contributed by atoms with Gasteiger partial charge in [0.2, 0.25) is 0 Å². The Morgan fingerprint density at radius 3 is 2.35 bits per heavy atom. The molecule has 4 N–H and O–H groups in total. The molecular weight excluding hydrogens is 538 g/mol. The average molecular weight is 580 g/mol. The highest BCUT2D eigenvalue weighted by atomic mass is 16.5. The van der Waals surface area contributed by atoms with Gasteiger partial charge in [0.15, 0.2) is 0 Å². The number of benzene rings is 3. The molecule has 3 aromatic rings. The zero-order chi connectivity index (χ0) is 30.5. The molecule has 7 heteroatoms. The summed E-state index contributed by atoms with van der Waals surface area (Å²) in [6.45, 7) is 10.8. The van der Waals surface area contributed by atoms with Crippen molar-refractivity contribution in [1.29, 1.82) is 0 Å². The first-order valence-corrected chi connectivity index (χ1v) is 15.1. The SMILES string of the molecule is C=C(N[C@H](C(=O)O)C1CCCCC1)c1ccc(-c2ccc3c(c2)OCCC=C3)cc1NC(=O)Nc1c(C)cc(C)cc1C. The smallest absolute Gasteiger partial charge is 0.326 e. The van der Waals surface area contributed by atoms with E-state index in [0.717, 1.165) is 83.3 Å². The lowest BCUT2D eigenvalue weighted by molar-refractivity contribution is -0.140. The van der Waals surface area contributed by atoms with E-state index in [4.69, 9.17) is 4.74 Å². The van der Waals surface area contributed by atoms with Crippen molar-refractivity contribution in [3.05, 3.63) is 89.0 Å². The number of rotatable bonds is 8. The second-order valence-electron chi connectivity index (χ2n) is 11.7. The summed E-state index contributed by atoms with van der Waals surface area (Å²) in [5.74, 6) is -0.0416. The fraction of sp³-hybridized carbons (Fsp3) is 0.333. The van der Waals surface area contributed by atoms with Gasteiger partial charge in [-0.25, -0.2) is 9.59 Å². The van der Waals surface area contributed by atoms with Crippen molar-refractivity contribution in [2.75, 3.05) is 17.2 Å². The predicted octanol–water partition coefficient (Wildman–Crippen LogP) is 8.31. The molecule has 0 spiro atoms. The molecule has 2 amide bonds. The van der Waals surface area contributed by atoms with E-state index in [1.165, 1.54) is 0 Å². The number of urea groups is 1. The first-order valence-electron chi connectivity index (χ1n) is 15.1. The number of carboxylic acids is 1. The molecule has 1 saturated carbocycles. The van der Waals surface area contributed by atoms with Crippen LogP contribution in [-0.4, -0.2) is 29.8 Å². The van der Waals surface area contributed by atoms with Gasteiger partial charge < -0.3 is 25.8 Å². The summed E-state index contributed by atoms with van der Waals surface area (Å²) >= 11 is 0. The lowest BCUT2D eigenvalue weighted by Crippen LogP contribution is -2.42. The third-order valence-electron chi connectivity index (χ3n) is 8.41. The zero-order valence-corrected chi connectivity index (χ0v) is 25.3. The maximum atomic E-state index is 13.4. The number of carboxylic acid groups (broad SMARTS) is 1. The van der Waals surface area contributed by atoms with Crippen molar-refractivity contribution in [2.45, 2.75) is 65.3 Å². The third kappa shape index (κ3) is 7.11. The topological polar surface area (TPSA) is 99.7 Å². The van der Waals surface area contributed by atoms with Crippen molar-refractivity contribution in [3.8, 4) is 16.9 Å². The van der Waals surface area contributed by atoms with Gasteiger partial charge in [-0.1, -0.05) is 80.0 Å². The van der Waals surface area contributed by atoms with E-state index in [9.17, 15) is 14.7 Å². The standard InChI is InChI=1S/C36H41N3O4/c1-22-18-23(2)33(24(3)19-22)39-36(42)38-31-20-28(29-14-13-26-10-8-9-17-43-32(26)21-29)15-16-30(31)25(4)37-34(35(40)41)27-11-6-5-7-12-27/h8,10,13-16,18-21,27,34,37H,4-7,9,11-12,17H2,1-3H3,(H,40,41)(H2,38,39,42)/t34-/m0/s1. The highest BCUT2D eigenvalue weighted by molar-refractivity contribution is 6.03. The van der Waals surface area contributed by atoms with Crippen LogP contribution in [0.3, 0.4) is 0 Å². The van der Waals surface area contributed by atoms with Gasteiger partial charge in [0.05, 0.1) is 12.3 Å². The van der Waals surface area contributed by atoms with Gasteiger partial charge in [0.25, 0.3) is 0 Å². The lowest BCUT2D eigenvalue weighted by Gasteiger charge is -2.30. The summed E-state index contributed by atoms with van der Waals surface area (Å²) in [6, 6.07) is 14.8. The fourth-order valence-corrected chi connectivity index (χ4v) is 6.27. The molecule has 0 saturated heterocycles. The Kier molecular flexibility index (Phi) is 9.19. The van der Waals surface area contributed by atoms with Crippen molar-refractivity contribution in [3.63, 3.8) is 0 Å². The monoisotopic (exact) mass is 579 g/mol. The van der Waals surface area contributed by atoms with E-state index in [1.54, 1.807) is 0 Å². The van der Waals surface area contributed by atoms with Crippen LogP contribution in [-0.2, 0) is 4.79 Å². The minimum absolute atomic E-state index is 0.0306. The van der Waals surface area contributed by atoms with E-state index >= 15 is 0 Å². The number of hydrogen-bond acceptors (Lipinski definition) is 4. The maximum absolute atomic E-state index is 13.4. The van der Waals surface area contributed by atoms with Gasteiger partial charge in [-0.05, 0) is 80.3 Å². The summed E-state index contributed by atoms with van der Waals surface area (Å²) in [5, 5.41) is 19.3. The van der Waals surface area contributed by atoms with Crippen LogP contribution in [0.2, 0.25) is 0 Å². The Balaban J connectivity index is 1.47. The van der Waals surface area contributed by atoms with E-state index in [-0.39, 0.29) is 5.92 Å². The minimum atomic E-state index is -0.888. The minimum Gasteiger partial charge on any atom is -0.493 e. The van der Waals surface area contributed by atoms with Crippen LogP contribution in [0, 0.1) is 26.7 Å². The molecule has 0 bridgehead atoms. The fourth-order valence-electron chi connectivity index (χ4n) is 6.27. The van der Waals surface area contributed by atoms with Crippen LogP contribution in [0.15, 0.2) is 61.2 Å². The Morgan fingerprint density at radius 2 is 1.63 bits per heavy atom. The highest BCUT2D eigenvalue weighted by Gasteiger charge is 2.30. The maximum Gasteiger partial charge on any atom is 0.326 e. The Labute approximate surface area is 254 Å². The number of aryl methyl sites for hydroxylation is 3. The third-order valence-corrected chi connectivity index (χ3v) is 8.41. The number of anilines is 2. The van der Waals surface area contributed by atoms with Crippen molar-refractivity contribution in [2.24, 2.45) is 5.92 Å². The number of hydrogen-bond donors (Lipinski definition) is 4. The van der Waals surface area contributed by atoms with Gasteiger partial charge >= 0.3 is 12.0 Å². The number of carbonyl (C=O) groups is 2. The Hall–Kier alpha value is -4.52. The van der Waals surface area contributed by atoms with Gasteiger partial charge in [-0.3, -0.25) is 0 Å². The van der Waals surface area contributed by atoms with Crippen LogP contribution in [0.1, 0.15) is 66.3 Å². The molecule has 7 nitrogen and oxygen atoms in total. The quantitative estimate of drug-likeness (QED) is 0.215. The highest BCUT2D eigenvalue weighted by Crippen LogP contribution is 2.34. The van der Waals surface area contributed by atoms with Crippen LogP contribution in [0.25, 0.3) is 22.9 Å². The number of aliphatic carboxylic acids is 1. The van der Waals surface area contributed by atoms with Crippen molar-refractivity contribution >= 4 is 35.1 Å². The number of fused-ring (bicyclic) bond motifs is 1. The van der Waals surface area contributed by atoms with Crippen LogP contribution < -0.4 is 20.7 Å². The molecule has 1 aliphatic heterocycles. The summed E-state index contributed by atoms with van der Waals surface area (Å²) in [5.41, 5.74) is 8.31. The van der Waals surface area contributed by atoms with E-state index in [0.29, 0.717) is 23.6 Å². The van der Waals surface area contributed by atoms with Crippen molar-refractivity contribution in [1.82, 2.24) is 5.32 Å². The molecule has 1 aliphatic carbocycles. The molecule has 224 valence electrons. The molecule has 1 heterocycles. The summed E-state index contributed by atoms with van der Waals surface area (Å²) in [4.78, 5) is 25.7. The lowest BCUT2D eigenvalue weighted by atomic mass is 9.83. The molecule has 3 aromatic carbocycles. The molecule has 0 aromatic heterocycles. The first-order chi connectivity index (χ1) is 20.7. The first kappa shape index (κ1) is 30.0. The number of nitrogens with one attached hydrogen (secondary N) is 3. The molecule has 5 rings (SSSR count). The second-order valence-corrected chi connectivity index (χ2v) is 11.7. The van der Waals surface area contributed by atoms with Gasteiger partial charge in [0, 0.05) is 22.5 Å². The molecule has 2 aliphatic rings. The Morgan fingerprint density at radius 1 is 0.930 bits per heavy atom. The molecule has 0 unspecified atom stereocenters. The van der Waals surface area contributed by atoms with Gasteiger partial charge in [-0.15, -0.1) is 0 Å². The van der Waals surface area contributed by atoms with Crippen LogP contribution >= 0.6 is 0 Å². The number of carbonyl (C=O) groups excluding carboxylic acids is 1. The van der Waals surface area contributed by atoms with Crippen LogP contribution in [0.4, 0.5) is 16.2 Å². The molecule has 1 fully saturated rings. The van der Waals surface area contributed by atoms with E-state index in [2.05, 4.69) is 34.7 Å². The molecule has 1 atom stereocenters. The number of amides is 2. The summed E-state index contributed by atoms with van der Waals surface area (Å²) in [7, 11) is 0. The number of ether oxygens (including phenoxy) is 1. The van der Waals surface area contributed by atoms with Gasteiger partial charge in [0.1, 0.15) is 11.8 Å². The van der Waals surface area contributed by atoms with Gasteiger partial charge in [-0.2, -0.15) is 0 Å². The molecule has 43 heavy (non-hydrogen) atoms. The van der Waals surface area contributed by atoms with Crippen molar-refractivity contribution < 1.29 is 19.4 Å². The van der Waals surface area contributed by atoms with Crippen LogP contribution in [0.5, 0.6) is 5.75 Å². The molecular formula is C36H41N3O4.